The van der Waals surface area contributed by atoms with Crippen molar-refractivity contribution in [3.05, 3.63) is 24.0 Å². The molecule has 0 amide bonds. The van der Waals surface area contributed by atoms with Gasteiger partial charge in [-0.2, -0.15) is 10.2 Å². The van der Waals surface area contributed by atoms with Gasteiger partial charge in [0.15, 0.2) is 0 Å². The van der Waals surface area contributed by atoms with Crippen molar-refractivity contribution in [2.24, 2.45) is 5.92 Å². The predicted molar refractivity (Wildman–Crippen MR) is 59.4 cm³/mol. The van der Waals surface area contributed by atoms with Crippen LogP contribution in [0, 0.1) is 5.92 Å². The molecule has 0 aliphatic carbocycles. The van der Waals surface area contributed by atoms with Crippen LogP contribution >= 0.6 is 0 Å². The fraction of sp³-hybridized carbons (Fsp3) is 0.636. The third-order valence-corrected chi connectivity index (χ3v) is 2.32. The van der Waals surface area contributed by atoms with E-state index in [4.69, 9.17) is 4.74 Å². The Hall–Kier alpha value is -1.00. The molecular formula is C11H19N3O. The van der Waals surface area contributed by atoms with E-state index >= 15 is 0 Å². The van der Waals surface area contributed by atoms with Crippen LogP contribution in [0.3, 0.4) is 0 Å². The summed E-state index contributed by atoms with van der Waals surface area (Å²) in [6, 6.07) is 4.21. The van der Waals surface area contributed by atoms with Gasteiger partial charge in [-0.25, -0.2) is 0 Å². The molecule has 1 rings (SSSR count). The molecule has 0 aromatic carbocycles. The Labute approximate surface area is 91.1 Å². The molecule has 0 bridgehead atoms. The number of nitrogens with zero attached hydrogens (tertiary/aromatic N) is 2. The zero-order chi connectivity index (χ0) is 11.1. The summed E-state index contributed by atoms with van der Waals surface area (Å²) < 4.78 is 5.16. The summed E-state index contributed by atoms with van der Waals surface area (Å²) in [7, 11) is 1.72. The highest BCUT2D eigenvalue weighted by Gasteiger charge is 2.12. The zero-order valence-corrected chi connectivity index (χ0v) is 9.60. The molecule has 0 aliphatic rings. The van der Waals surface area contributed by atoms with E-state index in [9.17, 15) is 0 Å². The summed E-state index contributed by atoms with van der Waals surface area (Å²) in [6.07, 6.45) is 1.68. The first kappa shape index (κ1) is 12.1. The van der Waals surface area contributed by atoms with Crippen LogP contribution in [0.15, 0.2) is 18.3 Å². The fourth-order valence-electron chi connectivity index (χ4n) is 1.33. The number of methoxy groups -OCH3 is 1. The number of rotatable bonds is 6. The van der Waals surface area contributed by atoms with E-state index in [0.717, 1.165) is 18.8 Å². The highest BCUT2D eigenvalue weighted by molar-refractivity contribution is 4.98. The second-order valence-electron chi connectivity index (χ2n) is 3.90. The Kier molecular flexibility index (Phi) is 5.21. The first-order valence-corrected chi connectivity index (χ1v) is 5.23. The molecule has 1 aromatic heterocycles. The second kappa shape index (κ2) is 6.48. The zero-order valence-electron chi connectivity index (χ0n) is 9.60. The van der Waals surface area contributed by atoms with E-state index in [1.165, 1.54) is 0 Å². The van der Waals surface area contributed by atoms with Gasteiger partial charge < -0.3 is 10.1 Å². The molecule has 84 valence electrons. The van der Waals surface area contributed by atoms with Gasteiger partial charge in [-0.05, 0) is 18.1 Å². The molecule has 0 radical (unpaired) electrons. The minimum atomic E-state index is 0.358. The van der Waals surface area contributed by atoms with Crippen molar-refractivity contribution in [2.45, 2.75) is 26.4 Å². The third kappa shape index (κ3) is 4.36. The van der Waals surface area contributed by atoms with Crippen molar-refractivity contribution >= 4 is 0 Å². The van der Waals surface area contributed by atoms with E-state index in [2.05, 4.69) is 29.4 Å². The van der Waals surface area contributed by atoms with E-state index < -0.39 is 0 Å². The van der Waals surface area contributed by atoms with Gasteiger partial charge in [-0.1, -0.05) is 13.8 Å². The van der Waals surface area contributed by atoms with Crippen molar-refractivity contribution in [1.29, 1.82) is 0 Å². The monoisotopic (exact) mass is 209 g/mol. The summed E-state index contributed by atoms with van der Waals surface area (Å²) in [5.41, 5.74) is 0.958. The van der Waals surface area contributed by atoms with Crippen LogP contribution < -0.4 is 5.32 Å². The molecule has 1 heterocycles. The summed E-state index contributed by atoms with van der Waals surface area (Å²) in [5, 5.41) is 11.3. The van der Waals surface area contributed by atoms with Crippen LogP contribution in [0.2, 0.25) is 0 Å². The lowest BCUT2D eigenvalue weighted by molar-refractivity contribution is 0.146. The van der Waals surface area contributed by atoms with Crippen LogP contribution in [-0.2, 0) is 11.3 Å². The lowest BCUT2D eigenvalue weighted by Crippen LogP contribution is -2.37. The maximum atomic E-state index is 5.16. The molecule has 1 N–H and O–H groups in total. The Morgan fingerprint density at radius 3 is 2.80 bits per heavy atom. The highest BCUT2D eigenvalue weighted by Crippen LogP contribution is 2.03. The quantitative estimate of drug-likeness (QED) is 0.765. The summed E-state index contributed by atoms with van der Waals surface area (Å²) >= 11 is 0. The minimum Gasteiger partial charge on any atom is -0.383 e. The first-order chi connectivity index (χ1) is 7.24. The number of hydrogen-bond acceptors (Lipinski definition) is 4. The maximum Gasteiger partial charge on any atom is 0.0769 e. The molecule has 1 atom stereocenters. The lowest BCUT2D eigenvalue weighted by Gasteiger charge is -2.21. The molecule has 4 heteroatoms. The molecule has 0 saturated carbocycles. The van der Waals surface area contributed by atoms with Gasteiger partial charge in [-0.15, -0.1) is 0 Å². The van der Waals surface area contributed by atoms with Crippen LogP contribution in [0.1, 0.15) is 19.5 Å². The topological polar surface area (TPSA) is 47.0 Å². The van der Waals surface area contributed by atoms with Crippen molar-refractivity contribution < 1.29 is 4.74 Å². The number of hydrogen-bond donors (Lipinski definition) is 1. The molecular weight excluding hydrogens is 190 g/mol. The number of aromatic nitrogens is 2. The Bertz CT molecular complexity index is 264. The molecule has 1 aromatic rings. The molecule has 15 heavy (non-hydrogen) atoms. The predicted octanol–water partition coefficient (Wildman–Crippen LogP) is 1.24. The minimum absolute atomic E-state index is 0.358. The smallest absolute Gasteiger partial charge is 0.0769 e. The lowest BCUT2D eigenvalue weighted by atomic mass is 10.1. The Morgan fingerprint density at radius 1 is 1.47 bits per heavy atom. The maximum absolute atomic E-state index is 5.16. The number of nitrogens with one attached hydrogen (secondary N) is 1. The van der Waals surface area contributed by atoms with Gasteiger partial charge in [0.05, 0.1) is 12.3 Å². The fourth-order valence-corrected chi connectivity index (χ4v) is 1.33. The second-order valence-corrected chi connectivity index (χ2v) is 3.90. The summed E-state index contributed by atoms with van der Waals surface area (Å²) in [6.45, 7) is 5.80. The molecule has 4 nitrogen and oxygen atoms in total. The van der Waals surface area contributed by atoms with Crippen LogP contribution in [0.4, 0.5) is 0 Å². The van der Waals surface area contributed by atoms with Gasteiger partial charge in [0.25, 0.3) is 0 Å². The Morgan fingerprint density at radius 2 is 2.27 bits per heavy atom. The van der Waals surface area contributed by atoms with Gasteiger partial charge in [0.2, 0.25) is 0 Å². The van der Waals surface area contributed by atoms with Crippen molar-refractivity contribution in [1.82, 2.24) is 15.5 Å². The molecule has 1 unspecified atom stereocenters. The van der Waals surface area contributed by atoms with E-state index in [0.29, 0.717) is 12.0 Å². The normalized spacial score (nSPS) is 13.1. The standard InChI is InChI=1S/C11H19N3O/c1-9(2)11(8-15-3)12-7-10-5-4-6-13-14-10/h4-6,9,11-12H,7-8H2,1-3H3. The van der Waals surface area contributed by atoms with Crippen molar-refractivity contribution in [3.8, 4) is 0 Å². The first-order valence-electron chi connectivity index (χ1n) is 5.23. The molecule has 0 aliphatic heterocycles. The van der Waals surface area contributed by atoms with Crippen molar-refractivity contribution in [3.63, 3.8) is 0 Å². The van der Waals surface area contributed by atoms with E-state index in [1.54, 1.807) is 13.3 Å². The van der Waals surface area contributed by atoms with E-state index in [1.807, 2.05) is 12.1 Å². The summed E-state index contributed by atoms with van der Waals surface area (Å²) in [5.74, 6) is 0.543. The van der Waals surface area contributed by atoms with Crippen LogP contribution in [0.5, 0.6) is 0 Å². The van der Waals surface area contributed by atoms with Gasteiger partial charge >= 0.3 is 0 Å². The van der Waals surface area contributed by atoms with Crippen LogP contribution in [-0.4, -0.2) is 30.0 Å². The highest BCUT2D eigenvalue weighted by atomic mass is 16.5. The number of ether oxygens (including phenoxy) is 1. The summed E-state index contributed by atoms with van der Waals surface area (Å²) in [4.78, 5) is 0. The molecule has 0 spiro atoms. The molecule has 0 fully saturated rings. The van der Waals surface area contributed by atoms with Gasteiger partial charge in [0, 0.05) is 25.9 Å². The molecule has 0 saturated heterocycles. The average molecular weight is 209 g/mol. The van der Waals surface area contributed by atoms with Gasteiger partial charge in [0.1, 0.15) is 0 Å². The van der Waals surface area contributed by atoms with E-state index in [-0.39, 0.29) is 0 Å². The average Bonchev–Trinajstić information content (AvgIpc) is 2.25. The SMILES string of the molecule is COCC(NCc1cccnn1)C(C)C. The third-order valence-electron chi connectivity index (χ3n) is 2.32. The Balaban J connectivity index is 2.40. The van der Waals surface area contributed by atoms with Crippen molar-refractivity contribution in [2.75, 3.05) is 13.7 Å². The van der Waals surface area contributed by atoms with Crippen LogP contribution in [0.25, 0.3) is 0 Å². The largest absolute Gasteiger partial charge is 0.383 e. The van der Waals surface area contributed by atoms with Gasteiger partial charge in [-0.3, -0.25) is 0 Å².